The Hall–Kier alpha value is -2.16. The van der Waals surface area contributed by atoms with Gasteiger partial charge in [-0.25, -0.2) is 0 Å². The molecule has 0 spiro atoms. The van der Waals surface area contributed by atoms with Crippen molar-refractivity contribution in [1.82, 2.24) is 0 Å². The molecule has 0 aliphatic rings. The number of nitrogens with zero attached hydrogens (tertiary/aromatic N) is 2. The summed E-state index contributed by atoms with van der Waals surface area (Å²) in [5.74, 6) is 0. The highest BCUT2D eigenvalue weighted by Gasteiger charge is 2.08. The fourth-order valence-electron chi connectivity index (χ4n) is 2.73. The van der Waals surface area contributed by atoms with E-state index in [1.165, 1.54) is 29.3 Å². The van der Waals surface area contributed by atoms with E-state index < -0.39 is 0 Å². The van der Waals surface area contributed by atoms with Gasteiger partial charge < -0.3 is 0 Å². The van der Waals surface area contributed by atoms with Crippen LogP contribution in [0.2, 0.25) is 0 Å². The third-order valence-corrected chi connectivity index (χ3v) is 9.52. The zero-order chi connectivity index (χ0) is 19.5. The first-order chi connectivity index (χ1) is 14.3. The second-order valence-electron chi connectivity index (χ2n) is 6.01. The molecule has 0 aliphatic carbocycles. The summed E-state index contributed by atoms with van der Waals surface area (Å²) in [7, 11) is 0. The third-order valence-electron chi connectivity index (χ3n) is 4.07. The number of rotatable bonds is 6. The van der Waals surface area contributed by atoms with Gasteiger partial charge in [0.2, 0.25) is 0 Å². The maximum absolute atomic E-state index is 4.23. The van der Waals surface area contributed by atoms with Gasteiger partial charge in [0.1, 0.15) is 0 Å². The standard InChI is InChI=1S/C22H14N2S5/c1-3-17(25-11-1)19-7-5-15(27-19)13-23-24-14-16-6-8-21(28-16)22-10-9-20(29-22)18-4-2-12-26-18/h1-14H/b23-13+,24-14+. The lowest BCUT2D eigenvalue weighted by Gasteiger charge is -1.90. The van der Waals surface area contributed by atoms with E-state index in [-0.39, 0.29) is 0 Å². The average molecular weight is 467 g/mol. The molecule has 5 rings (SSSR count). The zero-order valence-corrected chi connectivity index (χ0v) is 19.1. The molecule has 0 radical (unpaired) electrons. The molecule has 0 aromatic carbocycles. The Labute approximate surface area is 188 Å². The largest absolute Gasteiger partial charge is 0.158 e. The van der Waals surface area contributed by atoms with Crippen LogP contribution in [0.4, 0.5) is 0 Å². The van der Waals surface area contributed by atoms with E-state index in [2.05, 4.69) is 81.6 Å². The lowest BCUT2D eigenvalue weighted by molar-refractivity contribution is 1.27. The molecule has 0 N–H and O–H groups in total. The van der Waals surface area contributed by atoms with Crippen molar-refractivity contribution in [1.29, 1.82) is 0 Å². The maximum Gasteiger partial charge on any atom is 0.0668 e. The fraction of sp³-hybridized carbons (Fsp3) is 0. The summed E-state index contributed by atoms with van der Waals surface area (Å²) in [4.78, 5) is 9.98. The van der Waals surface area contributed by atoms with E-state index in [0.29, 0.717) is 0 Å². The van der Waals surface area contributed by atoms with E-state index >= 15 is 0 Å². The fourth-order valence-corrected chi connectivity index (χ4v) is 7.24. The van der Waals surface area contributed by atoms with Crippen LogP contribution in [0.3, 0.4) is 0 Å². The maximum atomic E-state index is 4.23. The first-order valence-electron chi connectivity index (χ1n) is 8.79. The van der Waals surface area contributed by atoms with Gasteiger partial charge in [-0.15, -0.1) is 56.7 Å². The van der Waals surface area contributed by atoms with Crippen LogP contribution < -0.4 is 0 Å². The van der Waals surface area contributed by atoms with Crippen LogP contribution in [0.5, 0.6) is 0 Å². The minimum atomic E-state index is 1.11. The van der Waals surface area contributed by atoms with Crippen molar-refractivity contribution in [2.45, 2.75) is 0 Å². The average Bonchev–Trinajstić information content (AvgIpc) is 3.55. The Balaban J connectivity index is 1.24. The van der Waals surface area contributed by atoms with Crippen LogP contribution >= 0.6 is 56.7 Å². The molecule has 0 unspecified atom stereocenters. The Kier molecular flexibility index (Phi) is 5.64. The Morgan fingerprint density at radius 1 is 0.483 bits per heavy atom. The molecular formula is C22H14N2S5. The molecule has 2 nitrogen and oxygen atoms in total. The van der Waals surface area contributed by atoms with Gasteiger partial charge in [-0.3, -0.25) is 0 Å². The van der Waals surface area contributed by atoms with Gasteiger partial charge in [-0.2, -0.15) is 10.2 Å². The highest BCUT2D eigenvalue weighted by molar-refractivity contribution is 7.26. The highest BCUT2D eigenvalue weighted by Crippen LogP contribution is 2.38. The van der Waals surface area contributed by atoms with Crippen molar-refractivity contribution < 1.29 is 0 Å². The van der Waals surface area contributed by atoms with E-state index in [1.807, 2.05) is 23.8 Å². The molecule has 0 bridgehead atoms. The van der Waals surface area contributed by atoms with E-state index in [1.54, 1.807) is 45.3 Å². The molecule has 7 heteroatoms. The first-order valence-corrected chi connectivity index (χ1v) is 13.0. The predicted octanol–water partition coefficient (Wildman–Crippen LogP) is 8.45. The van der Waals surface area contributed by atoms with Crippen LogP contribution in [-0.4, -0.2) is 12.4 Å². The molecule has 0 atom stereocenters. The van der Waals surface area contributed by atoms with Gasteiger partial charge >= 0.3 is 0 Å². The summed E-state index contributed by atoms with van der Waals surface area (Å²) < 4.78 is 0. The van der Waals surface area contributed by atoms with E-state index in [9.17, 15) is 0 Å². The third kappa shape index (κ3) is 4.39. The molecule has 0 saturated heterocycles. The van der Waals surface area contributed by atoms with Crippen LogP contribution in [0.25, 0.3) is 29.3 Å². The monoisotopic (exact) mass is 466 g/mol. The molecule has 5 heterocycles. The predicted molar refractivity (Wildman–Crippen MR) is 134 cm³/mol. The molecule has 0 fully saturated rings. The lowest BCUT2D eigenvalue weighted by atomic mass is 10.3. The van der Waals surface area contributed by atoms with Gasteiger partial charge in [-0.05, 0) is 59.3 Å². The van der Waals surface area contributed by atoms with Gasteiger partial charge in [0, 0.05) is 39.0 Å². The first kappa shape index (κ1) is 18.8. The molecular weight excluding hydrogens is 453 g/mol. The van der Waals surface area contributed by atoms with Crippen LogP contribution in [-0.2, 0) is 0 Å². The molecule has 5 aromatic rings. The summed E-state index contributed by atoms with van der Waals surface area (Å²) >= 11 is 8.84. The smallest absolute Gasteiger partial charge is 0.0668 e. The van der Waals surface area contributed by atoms with Crippen LogP contribution in [0, 0.1) is 0 Å². The SMILES string of the molecule is C(=N\N=C\c1ccc(-c2ccc(-c3cccs3)s2)s1)/c1ccc(-c2cccs2)s1. The summed E-state index contributed by atoms with van der Waals surface area (Å²) in [5.41, 5.74) is 0. The topological polar surface area (TPSA) is 24.7 Å². The summed E-state index contributed by atoms with van der Waals surface area (Å²) in [6, 6.07) is 21.4. The summed E-state index contributed by atoms with van der Waals surface area (Å²) in [5, 5.41) is 12.7. The van der Waals surface area contributed by atoms with Gasteiger partial charge in [0.25, 0.3) is 0 Å². The summed E-state index contributed by atoms with van der Waals surface area (Å²) in [6.45, 7) is 0. The number of hydrogen-bond donors (Lipinski definition) is 0. The molecule has 0 aliphatic heterocycles. The van der Waals surface area contributed by atoms with Crippen LogP contribution in [0.1, 0.15) is 9.75 Å². The molecule has 29 heavy (non-hydrogen) atoms. The van der Waals surface area contributed by atoms with Crippen molar-refractivity contribution >= 4 is 69.1 Å². The Morgan fingerprint density at radius 2 is 0.931 bits per heavy atom. The second-order valence-corrected chi connectivity index (χ2v) is 11.2. The van der Waals surface area contributed by atoms with Crippen molar-refractivity contribution in [3.05, 3.63) is 81.2 Å². The van der Waals surface area contributed by atoms with Gasteiger partial charge in [-0.1, -0.05) is 12.1 Å². The molecule has 0 amide bonds. The van der Waals surface area contributed by atoms with Crippen molar-refractivity contribution in [3.8, 4) is 29.3 Å². The second kappa shape index (κ2) is 8.69. The van der Waals surface area contributed by atoms with Gasteiger partial charge in [0.15, 0.2) is 0 Å². The van der Waals surface area contributed by atoms with E-state index in [4.69, 9.17) is 0 Å². The Bertz CT molecular complexity index is 1250. The molecule has 5 aromatic heterocycles. The number of thiophene rings is 5. The van der Waals surface area contributed by atoms with Gasteiger partial charge in [0.05, 0.1) is 12.4 Å². The van der Waals surface area contributed by atoms with Crippen molar-refractivity contribution in [2.24, 2.45) is 10.2 Å². The summed E-state index contributed by atoms with van der Waals surface area (Å²) in [6.07, 6.45) is 3.64. The van der Waals surface area contributed by atoms with Crippen molar-refractivity contribution in [3.63, 3.8) is 0 Å². The molecule has 142 valence electrons. The quantitative estimate of drug-likeness (QED) is 0.177. The normalized spacial score (nSPS) is 11.9. The Morgan fingerprint density at radius 3 is 1.45 bits per heavy atom. The minimum Gasteiger partial charge on any atom is -0.158 e. The van der Waals surface area contributed by atoms with Crippen molar-refractivity contribution in [2.75, 3.05) is 0 Å². The molecule has 0 saturated carbocycles. The minimum absolute atomic E-state index is 1.11. The number of hydrogen-bond acceptors (Lipinski definition) is 7. The zero-order valence-electron chi connectivity index (χ0n) is 15.0. The lowest BCUT2D eigenvalue weighted by Crippen LogP contribution is -1.72. The van der Waals surface area contributed by atoms with E-state index in [0.717, 1.165) is 9.75 Å². The highest BCUT2D eigenvalue weighted by atomic mass is 32.1. The van der Waals surface area contributed by atoms with Crippen LogP contribution in [0.15, 0.2) is 81.6 Å².